The highest BCUT2D eigenvalue weighted by Crippen LogP contribution is 2.27. The highest BCUT2D eigenvalue weighted by atomic mass is 16.5. The second-order valence-electron chi connectivity index (χ2n) is 3.66. The molecule has 15 heavy (non-hydrogen) atoms. The summed E-state index contributed by atoms with van der Waals surface area (Å²) in [6.45, 7) is 4.21. The van der Waals surface area contributed by atoms with Crippen molar-refractivity contribution in [2.24, 2.45) is 4.99 Å². The average Bonchev–Trinajstić information content (AvgIpc) is 2.26. The number of benzene rings is 1. The summed E-state index contributed by atoms with van der Waals surface area (Å²) in [6, 6.07) is 7.92. The van der Waals surface area contributed by atoms with Gasteiger partial charge in [-0.25, -0.2) is 9.79 Å². The third kappa shape index (κ3) is 2.52. The summed E-state index contributed by atoms with van der Waals surface area (Å²) >= 11 is 0. The zero-order chi connectivity index (χ0) is 11.3. The van der Waals surface area contributed by atoms with E-state index in [1.165, 1.54) is 0 Å². The van der Waals surface area contributed by atoms with Crippen LogP contribution >= 0.6 is 0 Å². The Bertz CT molecular complexity index is 383. The smallest absolute Gasteiger partial charge is 0.235 e. The van der Waals surface area contributed by atoms with Crippen molar-refractivity contribution in [3.63, 3.8) is 0 Å². The van der Waals surface area contributed by atoms with E-state index in [0.717, 1.165) is 11.1 Å². The first-order chi connectivity index (χ1) is 7.14. The molecule has 1 aromatic carbocycles. The standard InChI is InChI=1S/C12H15NO2/c1-10-6-4-5-7-11(10)12(2,15-3)8-13-9-14/h4-7H,8H2,1-3H3. The number of rotatable bonds is 4. The number of nitrogens with zero attached hydrogens (tertiary/aromatic N) is 1. The minimum Gasteiger partial charge on any atom is -0.372 e. The fraction of sp³-hybridized carbons (Fsp3) is 0.417. The molecule has 0 amide bonds. The second kappa shape index (κ2) is 4.87. The van der Waals surface area contributed by atoms with Crippen LogP contribution in [0.2, 0.25) is 0 Å². The molecule has 0 aromatic heterocycles. The number of ether oxygens (including phenoxy) is 1. The first kappa shape index (κ1) is 11.6. The van der Waals surface area contributed by atoms with Gasteiger partial charge in [-0.1, -0.05) is 24.3 Å². The summed E-state index contributed by atoms with van der Waals surface area (Å²) in [5, 5.41) is 0. The van der Waals surface area contributed by atoms with Gasteiger partial charge in [0.25, 0.3) is 0 Å². The van der Waals surface area contributed by atoms with Gasteiger partial charge in [-0.2, -0.15) is 0 Å². The van der Waals surface area contributed by atoms with Crippen molar-refractivity contribution in [1.29, 1.82) is 0 Å². The van der Waals surface area contributed by atoms with E-state index in [1.54, 1.807) is 13.2 Å². The van der Waals surface area contributed by atoms with Crippen molar-refractivity contribution in [1.82, 2.24) is 0 Å². The molecule has 3 heteroatoms. The Morgan fingerprint density at radius 3 is 2.67 bits per heavy atom. The van der Waals surface area contributed by atoms with Crippen LogP contribution in [0.5, 0.6) is 0 Å². The topological polar surface area (TPSA) is 38.7 Å². The van der Waals surface area contributed by atoms with Crippen molar-refractivity contribution in [2.75, 3.05) is 13.7 Å². The lowest BCUT2D eigenvalue weighted by molar-refractivity contribution is 0.0100. The van der Waals surface area contributed by atoms with Crippen LogP contribution in [0.1, 0.15) is 18.1 Å². The molecule has 0 spiro atoms. The zero-order valence-electron chi connectivity index (χ0n) is 9.28. The lowest BCUT2D eigenvalue weighted by Gasteiger charge is -2.27. The Morgan fingerprint density at radius 1 is 1.47 bits per heavy atom. The number of methoxy groups -OCH3 is 1. The summed E-state index contributed by atoms with van der Waals surface area (Å²) in [5.74, 6) is 0. The van der Waals surface area contributed by atoms with Gasteiger partial charge in [-0.05, 0) is 25.0 Å². The summed E-state index contributed by atoms with van der Waals surface area (Å²) in [6.07, 6.45) is 1.54. The van der Waals surface area contributed by atoms with Gasteiger partial charge in [0.15, 0.2) is 0 Å². The monoisotopic (exact) mass is 205 g/mol. The van der Waals surface area contributed by atoms with Gasteiger partial charge >= 0.3 is 0 Å². The highest BCUT2D eigenvalue weighted by molar-refractivity contribution is 5.35. The minimum absolute atomic E-state index is 0.290. The van der Waals surface area contributed by atoms with Crippen LogP contribution < -0.4 is 0 Å². The molecule has 1 unspecified atom stereocenters. The van der Waals surface area contributed by atoms with E-state index in [4.69, 9.17) is 4.74 Å². The van der Waals surface area contributed by atoms with Crippen molar-refractivity contribution in [2.45, 2.75) is 19.4 Å². The normalized spacial score (nSPS) is 14.1. The molecular formula is C12H15NO2. The van der Waals surface area contributed by atoms with Gasteiger partial charge in [0.05, 0.1) is 6.54 Å². The van der Waals surface area contributed by atoms with Crippen molar-refractivity contribution >= 4 is 6.08 Å². The largest absolute Gasteiger partial charge is 0.372 e. The molecule has 0 bridgehead atoms. The zero-order valence-corrected chi connectivity index (χ0v) is 9.28. The minimum atomic E-state index is -0.553. The van der Waals surface area contributed by atoms with Gasteiger partial charge in [-0.3, -0.25) is 0 Å². The highest BCUT2D eigenvalue weighted by Gasteiger charge is 2.27. The molecule has 0 heterocycles. The van der Waals surface area contributed by atoms with Crippen LogP contribution in [0.4, 0.5) is 0 Å². The Labute approximate surface area is 89.8 Å². The molecule has 0 radical (unpaired) electrons. The van der Waals surface area contributed by atoms with Crippen molar-refractivity contribution in [3.05, 3.63) is 35.4 Å². The number of isocyanates is 1. The first-order valence-corrected chi connectivity index (χ1v) is 4.79. The van der Waals surface area contributed by atoms with Crippen LogP contribution in [-0.2, 0) is 15.1 Å². The molecule has 1 aromatic rings. The maximum Gasteiger partial charge on any atom is 0.235 e. The number of hydrogen-bond donors (Lipinski definition) is 0. The quantitative estimate of drug-likeness (QED) is 0.558. The van der Waals surface area contributed by atoms with E-state index >= 15 is 0 Å². The molecule has 1 atom stereocenters. The molecule has 0 aliphatic rings. The van der Waals surface area contributed by atoms with Crippen LogP contribution in [-0.4, -0.2) is 19.7 Å². The lowest BCUT2D eigenvalue weighted by Crippen LogP contribution is -2.29. The fourth-order valence-electron chi connectivity index (χ4n) is 1.61. The van der Waals surface area contributed by atoms with E-state index in [-0.39, 0.29) is 6.54 Å². The molecule has 0 aliphatic carbocycles. The predicted molar refractivity (Wildman–Crippen MR) is 58.5 cm³/mol. The number of aliphatic imine (C=N–C) groups is 1. The van der Waals surface area contributed by atoms with E-state index in [1.807, 2.05) is 38.1 Å². The SMILES string of the molecule is COC(C)(CN=C=O)c1ccccc1C. The molecule has 0 N–H and O–H groups in total. The molecule has 1 rings (SSSR count). The molecule has 0 saturated carbocycles. The van der Waals surface area contributed by atoms with Crippen LogP contribution in [0.3, 0.4) is 0 Å². The molecule has 80 valence electrons. The van der Waals surface area contributed by atoms with E-state index in [0.29, 0.717) is 0 Å². The Balaban J connectivity index is 3.10. The Hall–Kier alpha value is -1.44. The number of aryl methyl sites for hydroxylation is 1. The van der Waals surface area contributed by atoms with Gasteiger partial charge < -0.3 is 4.74 Å². The molecular weight excluding hydrogens is 190 g/mol. The fourth-order valence-corrected chi connectivity index (χ4v) is 1.61. The first-order valence-electron chi connectivity index (χ1n) is 4.79. The maximum absolute atomic E-state index is 10.1. The number of carbonyl (C=O) groups excluding carboxylic acids is 1. The third-order valence-corrected chi connectivity index (χ3v) is 2.61. The lowest BCUT2D eigenvalue weighted by atomic mass is 9.92. The number of hydrogen-bond acceptors (Lipinski definition) is 3. The predicted octanol–water partition coefficient (Wildman–Crippen LogP) is 2.19. The van der Waals surface area contributed by atoms with Crippen LogP contribution in [0, 0.1) is 6.92 Å². The molecule has 0 fully saturated rings. The summed E-state index contributed by atoms with van der Waals surface area (Å²) in [4.78, 5) is 13.7. The van der Waals surface area contributed by atoms with E-state index in [2.05, 4.69) is 4.99 Å². The molecule has 0 aliphatic heterocycles. The summed E-state index contributed by atoms with van der Waals surface area (Å²) in [5.41, 5.74) is 1.62. The summed E-state index contributed by atoms with van der Waals surface area (Å²) in [7, 11) is 1.62. The molecule has 0 saturated heterocycles. The summed E-state index contributed by atoms with van der Waals surface area (Å²) < 4.78 is 5.43. The maximum atomic E-state index is 10.1. The van der Waals surface area contributed by atoms with Gasteiger partial charge in [-0.15, -0.1) is 0 Å². The third-order valence-electron chi connectivity index (χ3n) is 2.61. The van der Waals surface area contributed by atoms with Crippen molar-refractivity contribution < 1.29 is 9.53 Å². The Kier molecular flexibility index (Phi) is 3.78. The van der Waals surface area contributed by atoms with Gasteiger partial charge in [0.1, 0.15) is 5.60 Å². The van der Waals surface area contributed by atoms with Gasteiger partial charge in [0.2, 0.25) is 6.08 Å². The van der Waals surface area contributed by atoms with E-state index < -0.39 is 5.60 Å². The van der Waals surface area contributed by atoms with Crippen LogP contribution in [0.15, 0.2) is 29.3 Å². The molecule has 3 nitrogen and oxygen atoms in total. The average molecular weight is 205 g/mol. The van der Waals surface area contributed by atoms with E-state index in [9.17, 15) is 4.79 Å². The Morgan fingerprint density at radius 2 is 2.13 bits per heavy atom. The van der Waals surface area contributed by atoms with Crippen LogP contribution in [0.25, 0.3) is 0 Å². The second-order valence-corrected chi connectivity index (χ2v) is 3.66. The van der Waals surface area contributed by atoms with Crippen molar-refractivity contribution in [3.8, 4) is 0 Å². The van der Waals surface area contributed by atoms with Gasteiger partial charge in [0, 0.05) is 7.11 Å².